The van der Waals surface area contributed by atoms with Crippen LogP contribution in [0.25, 0.3) is 10.9 Å². The van der Waals surface area contributed by atoms with Gasteiger partial charge in [0.1, 0.15) is 10.6 Å². The average Bonchev–Trinajstić information content (AvgIpc) is 2.71. The minimum atomic E-state index is -0.180. The largest absolute Gasteiger partial charge is 0.506 e. The van der Waals surface area contributed by atoms with Gasteiger partial charge in [-0.2, -0.15) is 0 Å². The fraction of sp³-hybridized carbons (Fsp3) is 0.0870. The molecule has 0 saturated carbocycles. The summed E-state index contributed by atoms with van der Waals surface area (Å²) in [7, 11) is 0. The van der Waals surface area contributed by atoms with Crippen LogP contribution in [0.3, 0.4) is 0 Å². The number of nitrogens with zero attached hydrogens (tertiary/aromatic N) is 1. The molecule has 0 aliphatic heterocycles. The van der Waals surface area contributed by atoms with Gasteiger partial charge in [-0.3, -0.25) is 4.79 Å². The molecule has 27 heavy (non-hydrogen) atoms. The fourth-order valence-electron chi connectivity index (χ4n) is 3.10. The number of benzene rings is 3. The molecule has 3 nitrogen and oxygen atoms in total. The molecule has 3 aromatic carbocycles. The summed E-state index contributed by atoms with van der Waals surface area (Å²) in [4.78, 5) is 14.5. The van der Waals surface area contributed by atoms with E-state index in [4.69, 9.17) is 0 Å². The van der Waals surface area contributed by atoms with Crippen LogP contribution in [0.2, 0.25) is 0 Å². The van der Waals surface area contributed by atoms with E-state index in [-0.39, 0.29) is 11.3 Å². The van der Waals surface area contributed by atoms with E-state index in [1.807, 2.05) is 85.8 Å². The van der Waals surface area contributed by atoms with Crippen LogP contribution in [-0.2, 0) is 6.54 Å². The summed E-state index contributed by atoms with van der Waals surface area (Å²) in [5.74, 6) is 0.0467. The lowest BCUT2D eigenvalue weighted by Crippen LogP contribution is -2.22. The highest BCUT2D eigenvalue weighted by molar-refractivity contribution is 7.99. The molecule has 0 unspecified atom stereocenters. The van der Waals surface area contributed by atoms with Gasteiger partial charge in [-0.05, 0) is 36.8 Å². The van der Waals surface area contributed by atoms with Crippen LogP contribution in [0, 0.1) is 6.92 Å². The van der Waals surface area contributed by atoms with Crippen molar-refractivity contribution >= 4 is 22.7 Å². The lowest BCUT2D eigenvalue weighted by atomic mass is 10.1. The van der Waals surface area contributed by atoms with Crippen LogP contribution >= 0.6 is 11.8 Å². The zero-order valence-electron chi connectivity index (χ0n) is 14.9. The van der Waals surface area contributed by atoms with E-state index in [9.17, 15) is 9.90 Å². The van der Waals surface area contributed by atoms with E-state index in [0.29, 0.717) is 16.8 Å². The number of aryl methyl sites for hydroxylation is 1. The number of hydrogen-bond donors (Lipinski definition) is 1. The molecule has 4 heteroatoms. The highest BCUT2D eigenvalue weighted by atomic mass is 32.2. The molecular formula is C23H19NO2S. The molecule has 1 heterocycles. The van der Waals surface area contributed by atoms with Crippen molar-refractivity contribution in [3.05, 3.63) is 100 Å². The molecule has 0 saturated heterocycles. The maximum Gasteiger partial charge on any atom is 0.269 e. The minimum Gasteiger partial charge on any atom is -0.506 e. The Bertz CT molecular complexity index is 1150. The molecule has 4 aromatic rings. The van der Waals surface area contributed by atoms with Crippen LogP contribution in [0.4, 0.5) is 0 Å². The summed E-state index contributed by atoms with van der Waals surface area (Å²) in [6.07, 6.45) is 0. The molecule has 1 aromatic heterocycles. The van der Waals surface area contributed by atoms with E-state index in [1.54, 1.807) is 4.57 Å². The van der Waals surface area contributed by atoms with E-state index >= 15 is 0 Å². The van der Waals surface area contributed by atoms with Gasteiger partial charge in [0.2, 0.25) is 0 Å². The maximum absolute atomic E-state index is 13.3. The quantitative estimate of drug-likeness (QED) is 0.534. The highest BCUT2D eigenvalue weighted by Crippen LogP contribution is 2.36. The lowest BCUT2D eigenvalue weighted by Gasteiger charge is -2.15. The predicted molar refractivity (Wildman–Crippen MR) is 111 cm³/mol. The van der Waals surface area contributed by atoms with Gasteiger partial charge in [-0.15, -0.1) is 0 Å². The molecule has 0 amide bonds. The molecule has 1 N–H and O–H groups in total. The third kappa shape index (κ3) is 3.49. The van der Waals surface area contributed by atoms with Crippen molar-refractivity contribution in [1.82, 2.24) is 4.57 Å². The number of aromatic hydroxyl groups is 1. The molecule has 0 radical (unpaired) electrons. The summed E-state index contributed by atoms with van der Waals surface area (Å²) in [6, 6.07) is 25.3. The van der Waals surface area contributed by atoms with E-state index in [2.05, 4.69) is 0 Å². The molecular weight excluding hydrogens is 354 g/mol. The zero-order valence-corrected chi connectivity index (χ0v) is 15.7. The van der Waals surface area contributed by atoms with Crippen LogP contribution in [0.15, 0.2) is 93.4 Å². The number of para-hydroxylation sites is 1. The summed E-state index contributed by atoms with van der Waals surface area (Å²) in [6.45, 7) is 2.48. The third-order valence-corrected chi connectivity index (χ3v) is 5.61. The van der Waals surface area contributed by atoms with Crippen LogP contribution in [0.1, 0.15) is 11.1 Å². The van der Waals surface area contributed by atoms with Crippen LogP contribution < -0.4 is 5.56 Å². The predicted octanol–water partition coefficient (Wildman–Crippen LogP) is 5.22. The Morgan fingerprint density at radius 2 is 1.56 bits per heavy atom. The Hall–Kier alpha value is -2.98. The second-order valence-electron chi connectivity index (χ2n) is 6.49. The number of rotatable bonds is 4. The van der Waals surface area contributed by atoms with E-state index in [0.717, 1.165) is 21.5 Å². The smallest absolute Gasteiger partial charge is 0.269 e. The zero-order chi connectivity index (χ0) is 18.8. The Labute approximate surface area is 161 Å². The van der Waals surface area contributed by atoms with E-state index in [1.165, 1.54) is 11.8 Å². The maximum atomic E-state index is 13.3. The monoisotopic (exact) mass is 373 g/mol. The molecule has 0 aliphatic rings. The Kier molecular flexibility index (Phi) is 4.73. The number of fused-ring (bicyclic) bond motifs is 1. The van der Waals surface area contributed by atoms with Crippen molar-refractivity contribution in [1.29, 1.82) is 0 Å². The SMILES string of the molecule is Cc1ccc(Sc2c(O)c3ccccc3n(Cc3ccccc3)c2=O)cc1. The van der Waals surface area contributed by atoms with Crippen molar-refractivity contribution in [3.8, 4) is 5.75 Å². The van der Waals surface area contributed by atoms with Crippen LogP contribution in [-0.4, -0.2) is 9.67 Å². The molecule has 0 atom stereocenters. The Morgan fingerprint density at radius 1 is 0.889 bits per heavy atom. The van der Waals surface area contributed by atoms with Crippen molar-refractivity contribution in [2.24, 2.45) is 0 Å². The number of pyridine rings is 1. The minimum absolute atomic E-state index is 0.0467. The average molecular weight is 373 g/mol. The second kappa shape index (κ2) is 7.33. The van der Waals surface area contributed by atoms with Crippen molar-refractivity contribution in [2.45, 2.75) is 23.3 Å². The topological polar surface area (TPSA) is 42.2 Å². The van der Waals surface area contributed by atoms with Gasteiger partial charge in [0.15, 0.2) is 0 Å². The molecule has 134 valence electrons. The van der Waals surface area contributed by atoms with Gasteiger partial charge in [-0.1, -0.05) is 71.9 Å². The second-order valence-corrected chi connectivity index (χ2v) is 7.57. The van der Waals surface area contributed by atoms with Crippen molar-refractivity contribution < 1.29 is 5.11 Å². The normalized spacial score (nSPS) is 11.0. The summed E-state index contributed by atoms with van der Waals surface area (Å²) in [5.41, 5.74) is 2.75. The molecule has 0 fully saturated rings. The van der Waals surface area contributed by atoms with Gasteiger partial charge >= 0.3 is 0 Å². The summed E-state index contributed by atoms with van der Waals surface area (Å²) in [5, 5.41) is 11.5. The Morgan fingerprint density at radius 3 is 2.30 bits per heavy atom. The number of aromatic nitrogens is 1. The summed E-state index contributed by atoms with van der Waals surface area (Å²) < 4.78 is 1.74. The van der Waals surface area contributed by atoms with Crippen molar-refractivity contribution in [2.75, 3.05) is 0 Å². The standard InChI is InChI=1S/C23H19NO2S/c1-16-11-13-18(14-12-16)27-22-21(25)19-9-5-6-10-20(19)24(23(22)26)15-17-7-3-2-4-8-17/h2-14,25H,15H2,1H3. The van der Waals surface area contributed by atoms with Gasteiger partial charge in [0.05, 0.1) is 12.1 Å². The van der Waals surface area contributed by atoms with E-state index < -0.39 is 0 Å². The van der Waals surface area contributed by atoms with Gasteiger partial charge < -0.3 is 9.67 Å². The van der Waals surface area contributed by atoms with Gasteiger partial charge in [-0.25, -0.2) is 0 Å². The van der Waals surface area contributed by atoms with Crippen molar-refractivity contribution in [3.63, 3.8) is 0 Å². The van der Waals surface area contributed by atoms with Gasteiger partial charge in [0.25, 0.3) is 5.56 Å². The molecule has 0 spiro atoms. The first-order valence-corrected chi connectivity index (χ1v) is 9.58. The fourth-order valence-corrected chi connectivity index (χ4v) is 4.02. The molecule has 4 rings (SSSR count). The molecule has 0 bridgehead atoms. The first kappa shape index (κ1) is 17.4. The summed E-state index contributed by atoms with van der Waals surface area (Å²) >= 11 is 1.31. The first-order chi connectivity index (χ1) is 13.1. The van der Waals surface area contributed by atoms with Crippen LogP contribution in [0.5, 0.6) is 5.75 Å². The number of hydrogen-bond acceptors (Lipinski definition) is 3. The lowest BCUT2D eigenvalue weighted by molar-refractivity contribution is 0.464. The molecule has 0 aliphatic carbocycles. The first-order valence-electron chi connectivity index (χ1n) is 8.76. The van der Waals surface area contributed by atoms with Gasteiger partial charge in [0, 0.05) is 10.3 Å². The third-order valence-electron chi connectivity index (χ3n) is 4.53. The Balaban J connectivity index is 1.88. The highest BCUT2D eigenvalue weighted by Gasteiger charge is 2.17.